The van der Waals surface area contributed by atoms with Crippen molar-refractivity contribution >= 4 is 11.6 Å². The summed E-state index contributed by atoms with van der Waals surface area (Å²) in [6.45, 7) is 8.68. The lowest BCUT2D eigenvalue weighted by Crippen LogP contribution is -2.13. The molecule has 0 aliphatic carbocycles. The van der Waals surface area contributed by atoms with Gasteiger partial charge in [0.25, 0.3) is 0 Å². The average Bonchev–Trinajstić information content (AvgIpc) is 2.46. The lowest BCUT2D eigenvalue weighted by atomic mass is 9.85. The fourth-order valence-corrected chi connectivity index (χ4v) is 2.21. The third kappa shape index (κ3) is 3.94. The van der Waals surface area contributed by atoms with Crippen LogP contribution in [0.5, 0.6) is 11.6 Å². The fourth-order valence-electron chi connectivity index (χ4n) is 2.08. The summed E-state index contributed by atoms with van der Waals surface area (Å²) < 4.78 is 5.95. The Labute approximate surface area is 131 Å². The lowest BCUT2D eigenvalue weighted by molar-refractivity contribution is 0.436. The van der Waals surface area contributed by atoms with Crippen molar-refractivity contribution in [2.45, 2.75) is 45.4 Å². The highest BCUT2D eigenvalue weighted by Gasteiger charge is 2.20. The number of alkyl halides is 1. The molecule has 21 heavy (non-hydrogen) atoms. The first kappa shape index (κ1) is 15.8. The van der Waals surface area contributed by atoms with E-state index < -0.39 is 0 Å². The molecule has 0 saturated heterocycles. The van der Waals surface area contributed by atoms with Crippen LogP contribution in [0.4, 0.5) is 0 Å². The Kier molecular flexibility index (Phi) is 4.84. The number of halogens is 1. The summed E-state index contributed by atoms with van der Waals surface area (Å²) in [6.07, 6.45) is 4.26. The highest BCUT2D eigenvalue weighted by atomic mass is 35.5. The second kappa shape index (κ2) is 6.44. The molecular formula is C17H21ClN2O. The van der Waals surface area contributed by atoms with Crippen LogP contribution in [-0.2, 0) is 17.7 Å². The second-order valence-corrected chi connectivity index (χ2v) is 6.29. The largest absolute Gasteiger partial charge is 0.437 e. The molecule has 0 unspecified atom stereocenters. The van der Waals surface area contributed by atoms with E-state index >= 15 is 0 Å². The van der Waals surface area contributed by atoms with Crippen molar-refractivity contribution in [3.63, 3.8) is 0 Å². The molecule has 1 aromatic carbocycles. The minimum Gasteiger partial charge on any atom is -0.437 e. The van der Waals surface area contributed by atoms with E-state index in [1.807, 2.05) is 6.07 Å². The van der Waals surface area contributed by atoms with Crippen LogP contribution < -0.4 is 4.74 Å². The van der Waals surface area contributed by atoms with Gasteiger partial charge in [-0.15, -0.1) is 11.6 Å². The van der Waals surface area contributed by atoms with Crippen molar-refractivity contribution in [1.29, 1.82) is 0 Å². The van der Waals surface area contributed by atoms with Crippen molar-refractivity contribution in [2.75, 3.05) is 0 Å². The summed E-state index contributed by atoms with van der Waals surface area (Å²) >= 11 is 5.79. The first-order valence-electron chi connectivity index (χ1n) is 7.12. The molecule has 0 fully saturated rings. The van der Waals surface area contributed by atoms with E-state index in [1.165, 1.54) is 11.1 Å². The highest BCUT2D eigenvalue weighted by molar-refractivity contribution is 6.16. The van der Waals surface area contributed by atoms with Crippen molar-refractivity contribution in [3.8, 4) is 11.6 Å². The van der Waals surface area contributed by atoms with E-state index in [2.05, 4.69) is 49.8 Å². The molecule has 112 valence electrons. The van der Waals surface area contributed by atoms with Gasteiger partial charge in [0.05, 0.1) is 17.8 Å². The van der Waals surface area contributed by atoms with Gasteiger partial charge < -0.3 is 4.74 Å². The minimum absolute atomic E-state index is 0.00195. The van der Waals surface area contributed by atoms with Crippen LogP contribution in [-0.4, -0.2) is 9.97 Å². The van der Waals surface area contributed by atoms with Crippen LogP contribution in [0.25, 0.3) is 0 Å². The summed E-state index contributed by atoms with van der Waals surface area (Å²) in [5.74, 6) is 1.62. The van der Waals surface area contributed by atoms with E-state index in [4.69, 9.17) is 16.3 Å². The number of ether oxygens (including phenoxy) is 1. The van der Waals surface area contributed by atoms with Crippen LogP contribution in [0.1, 0.15) is 44.5 Å². The topological polar surface area (TPSA) is 35.0 Å². The predicted octanol–water partition coefficient (Wildman–Crippen LogP) is 4.87. The van der Waals surface area contributed by atoms with Crippen LogP contribution in [0.15, 0.2) is 30.6 Å². The van der Waals surface area contributed by atoms with Gasteiger partial charge in [-0.2, -0.15) is 0 Å². The van der Waals surface area contributed by atoms with Crippen LogP contribution in [0.2, 0.25) is 0 Å². The van der Waals surface area contributed by atoms with Gasteiger partial charge in [0.1, 0.15) is 5.75 Å². The van der Waals surface area contributed by atoms with E-state index in [0.717, 1.165) is 12.2 Å². The van der Waals surface area contributed by atoms with Crippen molar-refractivity contribution in [3.05, 3.63) is 47.4 Å². The molecular weight excluding hydrogens is 284 g/mol. The summed E-state index contributed by atoms with van der Waals surface area (Å²) in [5, 5.41) is 0. The highest BCUT2D eigenvalue weighted by Crippen LogP contribution is 2.34. The summed E-state index contributed by atoms with van der Waals surface area (Å²) in [7, 11) is 0. The zero-order valence-electron chi connectivity index (χ0n) is 13.0. The van der Waals surface area contributed by atoms with E-state index in [-0.39, 0.29) is 5.41 Å². The van der Waals surface area contributed by atoms with Gasteiger partial charge in [0.15, 0.2) is 0 Å². The van der Waals surface area contributed by atoms with E-state index in [1.54, 1.807) is 12.4 Å². The van der Waals surface area contributed by atoms with Crippen molar-refractivity contribution < 1.29 is 4.74 Å². The zero-order chi connectivity index (χ0) is 15.5. The zero-order valence-corrected chi connectivity index (χ0v) is 13.7. The standard InChI is InChI=1S/C17H21ClN2O/c1-5-12-6-7-15(14(8-12)17(2,3)4)21-16-11-19-10-13(9-18)20-16/h6-8,10-11H,5,9H2,1-4H3. The quantitative estimate of drug-likeness (QED) is 0.756. The maximum Gasteiger partial charge on any atom is 0.238 e. The number of benzene rings is 1. The smallest absolute Gasteiger partial charge is 0.238 e. The number of nitrogens with zero attached hydrogens (tertiary/aromatic N) is 2. The minimum atomic E-state index is -0.00195. The molecule has 2 aromatic rings. The van der Waals surface area contributed by atoms with Crippen molar-refractivity contribution in [2.24, 2.45) is 0 Å². The summed E-state index contributed by atoms with van der Waals surface area (Å²) in [4.78, 5) is 8.44. The third-order valence-corrected chi connectivity index (χ3v) is 3.55. The average molecular weight is 305 g/mol. The molecule has 4 heteroatoms. The Hall–Kier alpha value is -1.61. The Balaban J connectivity index is 2.39. The maximum atomic E-state index is 5.95. The predicted molar refractivity (Wildman–Crippen MR) is 86.2 cm³/mol. The first-order chi connectivity index (χ1) is 9.94. The Bertz CT molecular complexity index is 620. The molecule has 1 aromatic heterocycles. The maximum absolute atomic E-state index is 5.95. The van der Waals surface area contributed by atoms with Gasteiger partial charge >= 0.3 is 0 Å². The molecule has 3 nitrogen and oxygen atoms in total. The number of aromatic nitrogens is 2. The number of hydrogen-bond donors (Lipinski definition) is 0. The molecule has 2 rings (SSSR count). The molecule has 0 saturated carbocycles. The first-order valence-corrected chi connectivity index (χ1v) is 7.65. The molecule has 0 radical (unpaired) electrons. The molecule has 1 heterocycles. The fraction of sp³-hybridized carbons (Fsp3) is 0.412. The van der Waals surface area contributed by atoms with Crippen LogP contribution in [0, 0.1) is 0 Å². The lowest BCUT2D eigenvalue weighted by Gasteiger charge is -2.23. The van der Waals surface area contributed by atoms with Gasteiger partial charge in [-0.3, -0.25) is 4.98 Å². The normalized spacial score (nSPS) is 11.5. The van der Waals surface area contributed by atoms with E-state index in [9.17, 15) is 0 Å². The van der Waals surface area contributed by atoms with Gasteiger partial charge in [0.2, 0.25) is 5.88 Å². The van der Waals surface area contributed by atoms with Gasteiger partial charge in [0, 0.05) is 11.8 Å². The molecule has 0 aliphatic rings. The van der Waals surface area contributed by atoms with Gasteiger partial charge in [-0.05, 0) is 23.5 Å². The van der Waals surface area contributed by atoms with Gasteiger partial charge in [-0.1, -0.05) is 39.8 Å². The Morgan fingerprint density at radius 3 is 2.57 bits per heavy atom. The summed E-state index contributed by atoms with van der Waals surface area (Å²) in [6, 6.07) is 6.30. The number of rotatable bonds is 4. The molecule has 0 aliphatic heterocycles. The monoisotopic (exact) mass is 304 g/mol. The second-order valence-electron chi connectivity index (χ2n) is 6.02. The van der Waals surface area contributed by atoms with Crippen LogP contribution >= 0.6 is 11.6 Å². The number of hydrogen-bond acceptors (Lipinski definition) is 3. The molecule has 0 spiro atoms. The van der Waals surface area contributed by atoms with E-state index in [0.29, 0.717) is 17.5 Å². The number of aryl methyl sites for hydroxylation is 1. The SMILES string of the molecule is CCc1ccc(Oc2cncc(CCl)n2)c(C(C)(C)C)c1. The van der Waals surface area contributed by atoms with Gasteiger partial charge in [-0.25, -0.2) is 4.98 Å². The molecule has 0 bridgehead atoms. The Morgan fingerprint density at radius 2 is 1.95 bits per heavy atom. The Morgan fingerprint density at radius 1 is 1.19 bits per heavy atom. The van der Waals surface area contributed by atoms with Crippen LogP contribution in [0.3, 0.4) is 0 Å². The molecule has 0 amide bonds. The summed E-state index contributed by atoms with van der Waals surface area (Å²) in [5.41, 5.74) is 3.17. The third-order valence-electron chi connectivity index (χ3n) is 3.27. The van der Waals surface area contributed by atoms with Crippen molar-refractivity contribution in [1.82, 2.24) is 9.97 Å². The molecule has 0 atom stereocenters. The molecule has 0 N–H and O–H groups in total.